The Morgan fingerprint density at radius 3 is 2.81 bits per heavy atom. The highest BCUT2D eigenvalue weighted by Gasteiger charge is 2.35. The summed E-state index contributed by atoms with van der Waals surface area (Å²) < 4.78 is 5.65. The van der Waals surface area contributed by atoms with Gasteiger partial charge in [-0.15, -0.1) is 10.2 Å². The van der Waals surface area contributed by atoms with Crippen LogP contribution in [0.25, 0.3) is 11.5 Å². The van der Waals surface area contributed by atoms with Gasteiger partial charge in [-0.05, 0) is 44.0 Å². The topological polar surface area (TPSA) is 71.3 Å². The zero-order chi connectivity index (χ0) is 18.6. The number of amides is 1. The maximum Gasteiger partial charge on any atom is 0.247 e. The number of piperidine rings is 1. The Hall–Kier alpha value is -2.21. The zero-order valence-corrected chi connectivity index (χ0v) is 15.9. The predicted octanol–water partition coefficient (Wildman–Crippen LogP) is 2.91. The molecule has 26 heavy (non-hydrogen) atoms. The largest absolute Gasteiger partial charge is 0.421 e. The van der Waals surface area contributed by atoms with Gasteiger partial charge in [0.2, 0.25) is 17.7 Å². The minimum Gasteiger partial charge on any atom is -0.421 e. The van der Waals surface area contributed by atoms with E-state index in [9.17, 15) is 4.79 Å². The molecule has 0 bridgehead atoms. The fraction of sp³-hybridized carbons (Fsp3) is 0.550. The Kier molecular flexibility index (Phi) is 5.71. The number of likely N-dealkylation sites (N-methyl/N-ethyl adjacent to an activating group) is 1. The monoisotopic (exact) mass is 356 g/mol. The van der Waals surface area contributed by atoms with E-state index in [1.165, 1.54) is 12.8 Å². The van der Waals surface area contributed by atoms with Gasteiger partial charge in [-0.1, -0.05) is 32.0 Å². The summed E-state index contributed by atoms with van der Waals surface area (Å²) in [6.45, 7) is 6.34. The number of carbonyl (C=O) groups excluding carboxylic acids is 1. The average Bonchev–Trinajstić information content (AvgIpc) is 3.09. The van der Waals surface area contributed by atoms with Crippen molar-refractivity contribution in [2.75, 3.05) is 20.1 Å². The van der Waals surface area contributed by atoms with Gasteiger partial charge < -0.3 is 14.6 Å². The minimum atomic E-state index is 0.0271. The number of aryl methyl sites for hydroxylation is 1. The van der Waals surface area contributed by atoms with E-state index in [4.69, 9.17) is 4.42 Å². The van der Waals surface area contributed by atoms with Gasteiger partial charge in [-0.3, -0.25) is 4.79 Å². The van der Waals surface area contributed by atoms with E-state index < -0.39 is 0 Å². The molecular formula is C20H28N4O2. The Balaban J connectivity index is 1.48. The Morgan fingerprint density at radius 2 is 2.08 bits per heavy atom. The molecule has 1 fully saturated rings. The molecule has 1 aromatic heterocycles. The standard InChI is InChI=1S/C20H28N4O2/c1-20(2)12-7-13-24(3)16(20)14-21-17(25)10-11-18-22-23-19(26-18)15-8-5-4-6-9-15/h4-6,8-9,16H,7,10-14H2,1-3H3,(H,21,25). The number of aromatic nitrogens is 2. The Morgan fingerprint density at radius 1 is 1.31 bits per heavy atom. The molecule has 2 aromatic rings. The lowest BCUT2D eigenvalue weighted by Crippen LogP contribution is -2.53. The average molecular weight is 356 g/mol. The van der Waals surface area contributed by atoms with Crippen LogP contribution in [-0.2, 0) is 11.2 Å². The lowest BCUT2D eigenvalue weighted by Gasteiger charge is -2.45. The normalized spacial score (nSPS) is 20.0. The van der Waals surface area contributed by atoms with Crippen molar-refractivity contribution >= 4 is 5.91 Å². The highest BCUT2D eigenvalue weighted by Crippen LogP contribution is 2.33. The molecule has 0 saturated carbocycles. The van der Waals surface area contributed by atoms with Gasteiger partial charge in [0, 0.05) is 31.0 Å². The molecule has 1 saturated heterocycles. The van der Waals surface area contributed by atoms with E-state index in [2.05, 4.69) is 41.3 Å². The number of benzene rings is 1. The summed E-state index contributed by atoms with van der Waals surface area (Å²) in [5.41, 5.74) is 1.11. The first-order valence-electron chi connectivity index (χ1n) is 9.30. The van der Waals surface area contributed by atoms with Gasteiger partial charge in [-0.2, -0.15) is 0 Å². The third-order valence-corrected chi connectivity index (χ3v) is 5.31. The molecule has 1 aliphatic rings. The number of nitrogens with zero attached hydrogens (tertiary/aromatic N) is 3. The SMILES string of the molecule is CN1CCCC(C)(C)C1CNC(=O)CCc1nnc(-c2ccccc2)o1. The third-order valence-electron chi connectivity index (χ3n) is 5.31. The number of rotatable bonds is 6. The molecule has 1 aromatic carbocycles. The predicted molar refractivity (Wildman–Crippen MR) is 100 cm³/mol. The van der Waals surface area contributed by atoms with E-state index in [0.717, 1.165) is 12.1 Å². The van der Waals surface area contributed by atoms with E-state index in [1.54, 1.807) is 0 Å². The van der Waals surface area contributed by atoms with Crippen molar-refractivity contribution < 1.29 is 9.21 Å². The summed E-state index contributed by atoms with van der Waals surface area (Å²) in [6, 6.07) is 10.0. The molecule has 1 N–H and O–H groups in total. The summed E-state index contributed by atoms with van der Waals surface area (Å²) in [6.07, 6.45) is 3.22. The third kappa shape index (κ3) is 4.49. The van der Waals surface area contributed by atoms with Crippen LogP contribution in [0.3, 0.4) is 0 Å². The fourth-order valence-corrected chi connectivity index (χ4v) is 3.71. The van der Waals surface area contributed by atoms with Crippen LogP contribution in [0, 0.1) is 5.41 Å². The van der Waals surface area contributed by atoms with Crippen molar-refractivity contribution in [3.05, 3.63) is 36.2 Å². The number of hydrogen-bond acceptors (Lipinski definition) is 5. The highest BCUT2D eigenvalue weighted by molar-refractivity contribution is 5.76. The second kappa shape index (κ2) is 7.99. The Labute approximate surface area is 155 Å². The van der Waals surface area contributed by atoms with Crippen LogP contribution in [0.1, 0.15) is 39.0 Å². The van der Waals surface area contributed by atoms with Crippen molar-refractivity contribution in [2.24, 2.45) is 5.41 Å². The quantitative estimate of drug-likeness (QED) is 0.862. The van der Waals surface area contributed by atoms with Gasteiger partial charge in [0.05, 0.1) is 0 Å². The van der Waals surface area contributed by atoms with Gasteiger partial charge in [0.25, 0.3) is 0 Å². The summed E-state index contributed by atoms with van der Waals surface area (Å²) in [5, 5.41) is 11.2. The smallest absolute Gasteiger partial charge is 0.247 e. The maximum absolute atomic E-state index is 12.2. The molecule has 140 valence electrons. The summed E-state index contributed by atoms with van der Waals surface area (Å²) in [7, 11) is 2.14. The molecule has 1 atom stereocenters. The van der Waals surface area contributed by atoms with Crippen molar-refractivity contribution in [3.8, 4) is 11.5 Å². The van der Waals surface area contributed by atoms with E-state index >= 15 is 0 Å². The van der Waals surface area contributed by atoms with E-state index in [1.807, 2.05) is 30.3 Å². The van der Waals surface area contributed by atoms with Crippen LogP contribution in [0.2, 0.25) is 0 Å². The molecule has 0 aliphatic carbocycles. The first-order valence-corrected chi connectivity index (χ1v) is 9.30. The summed E-state index contributed by atoms with van der Waals surface area (Å²) >= 11 is 0. The Bertz CT molecular complexity index is 726. The van der Waals surface area contributed by atoms with Gasteiger partial charge in [0.15, 0.2) is 0 Å². The van der Waals surface area contributed by atoms with Crippen LogP contribution in [0.4, 0.5) is 0 Å². The summed E-state index contributed by atoms with van der Waals surface area (Å²) in [4.78, 5) is 14.6. The molecular weight excluding hydrogens is 328 g/mol. The van der Waals surface area contributed by atoms with Crippen LogP contribution < -0.4 is 5.32 Å². The second-order valence-corrected chi connectivity index (χ2v) is 7.76. The number of nitrogens with one attached hydrogen (secondary N) is 1. The number of hydrogen-bond donors (Lipinski definition) is 1. The van der Waals surface area contributed by atoms with Crippen LogP contribution in [-0.4, -0.2) is 47.2 Å². The molecule has 1 amide bonds. The van der Waals surface area contributed by atoms with Crippen molar-refractivity contribution in [1.29, 1.82) is 0 Å². The minimum absolute atomic E-state index is 0.0271. The van der Waals surface area contributed by atoms with Gasteiger partial charge in [0.1, 0.15) is 0 Å². The molecule has 1 unspecified atom stereocenters. The van der Waals surface area contributed by atoms with Crippen LogP contribution in [0.5, 0.6) is 0 Å². The van der Waals surface area contributed by atoms with Crippen LogP contribution >= 0.6 is 0 Å². The molecule has 3 rings (SSSR count). The van der Waals surface area contributed by atoms with E-state index in [0.29, 0.717) is 37.2 Å². The van der Waals surface area contributed by atoms with Crippen molar-refractivity contribution in [2.45, 2.75) is 45.6 Å². The first-order chi connectivity index (χ1) is 12.5. The summed E-state index contributed by atoms with van der Waals surface area (Å²) in [5.74, 6) is 1.01. The number of likely N-dealkylation sites (tertiary alicyclic amines) is 1. The first kappa shape index (κ1) is 18.6. The molecule has 2 heterocycles. The number of carbonyl (C=O) groups is 1. The van der Waals surface area contributed by atoms with Crippen molar-refractivity contribution in [3.63, 3.8) is 0 Å². The molecule has 6 nitrogen and oxygen atoms in total. The second-order valence-electron chi connectivity index (χ2n) is 7.76. The molecule has 0 spiro atoms. The van der Waals surface area contributed by atoms with Gasteiger partial charge in [-0.25, -0.2) is 0 Å². The molecule has 0 radical (unpaired) electrons. The lowest BCUT2D eigenvalue weighted by atomic mass is 9.76. The zero-order valence-electron chi connectivity index (χ0n) is 15.9. The van der Waals surface area contributed by atoms with Crippen LogP contribution in [0.15, 0.2) is 34.7 Å². The van der Waals surface area contributed by atoms with E-state index in [-0.39, 0.29) is 11.3 Å². The molecule has 6 heteroatoms. The lowest BCUT2D eigenvalue weighted by molar-refractivity contribution is -0.121. The highest BCUT2D eigenvalue weighted by atomic mass is 16.4. The van der Waals surface area contributed by atoms with Crippen molar-refractivity contribution in [1.82, 2.24) is 20.4 Å². The molecule has 1 aliphatic heterocycles. The maximum atomic E-state index is 12.2. The fourth-order valence-electron chi connectivity index (χ4n) is 3.71. The van der Waals surface area contributed by atoms with Gasteiger partial charge >= 0.3 is 0 Å².